The topological polar surface area (TPSA) is 97.9 Å². The van der Waals surface area contributed by atoms with Gasteiger partial charge in [-0.25, -0.2) is 18.7 Å². The third kappa shape index (κ3) is 4.23. The summed E-state index contributed by atoms with van der Waals surface area (Å²) in [7, 11) is 1.72. The van der Waals surface area contributed by atoms with Crippen LogP contribution in [-0.4, -0.2) is 36.0 Å². The minimum atomic E-state index is -0.847. The van der Waals surface area contributed by atoms with Gasteiger partial charge in [0.15, 0.2) is 5.82 Å². The van der Waals surface area contributed by atoms with Gasteiger partial charge in [-0.15, -0.1) is 0 Å². The quantitative estimate of drug-likeness (QED) is 0.460. The molecule has 0 aliphatic rings. The molecule has 1 atom stereocenters. The summed E-state index contributed by atoms with van der Waals surface area (Å²) in [5, 5.41) is 16.7. The molecule has 8 nitrogen and oxygen atoms in total. The van der Waals surface area contributed by atoms with E-state index >= 15 is 0 Å². The zero-order valence-electron chi connectivity index (χ0n) is 16.7. The van der Waals surface area contributed by atoms with E-state index < -0.39 is 29.8 Å². The van der Waals surface area contributed by atoms with Gasteiger partial charge in [-0.1, -0.05) is 17.7 Å². The monoisotopic (exact) mass is 458 g/mol. The number of nitrogens with zero attached hydrogens (tertiary/aromatic N) is 5. The Morgan fingerprint density at radius 3 is 2.66 bits per heavy atom. The van der Waals surface area contributed by atoms with Gasteiger partial charge in [0.25, 0.3) is 5.56 Å². The number of rotatable bonds is 6. The Bertz CT molecular complexity index is 1340. The van der Waals surface area contributed by atoms with E-state index in [1.165, 1.54) is 35.0 Å². The highest BCUT2D eigenvalue weighted by molar-refractivity contribution is 6.30. The summed E-state index contributed by atoms with van der Waals surface area (Å²) in [5.41, 5.74) is -0.0265. The van der Waals surface area contributed by atoms with E-state index in [9.17, 15) is 18.7 Å². The molecule has 0 aliphatic carbocycles. The van der Waals surface area contributed by atoms with Crippen LogP contribution in [0.5, 0.6) is 0 Å². The van der Waals surface area contributed by atoms with Gasteiger partial charge in [0.1, 0.15) is 17.3 Å². The number of anilines is 2. The number of pyridine rings is 1. The lowest BCUT2D eigenvalue weighted by atomic mass is 10.1. The number of aliphatic hydroxyl groups excluding tert-OH is 1. The van der Waals surface area contributed by atoms with Gasteiger partial charge in [0, 0.05) is 30.9 Å². The molecular weight excluding hydrogens is 442 g/mol. The first-order valence-corrected chi connectivity index (χ1v) is 9.81. The summed E-state index contributed by atoms with van der Waals surface area (Å²) >= 11 is 5.71. The second-order valence-electron chi connectivity index (χ2n) is 6.89. The Kier molecular flexibility index (Phi) is 5.97. The molecule has 4 rings (SSSR count). The van der Waals surface area contributed by atoms with E-state index in [0.717, 1.165) is 12.3 Å². The minimum Gasteiger partial charge on any atom is -0.394 e. The van der Waals surface area contributed by atoms with Crippen molar-refractivity contribution in [3.05, 3.63) is 87.6 Å². The molecule has 3 heterocycles. The molecule has 0 amide bonds. The molecule has 0 saturated carbocycles. The summed E-state index contributed by atoms with van der Waals surface area (Å²) in [5.74, 6) is -0.655. The number of aliphatic hydroxyl groups is 1. The Hall–Kier alpha value is -3.63. The van der Waals surface area contributed by atoms with Crippen LogP contribution in [0.4, 0.5) is 20.5 Å². The van der Waals surface area contributed by atoms with E-state index in [2.05, 4.69) is 20.4 Å². The molecule has 0 spiro atoms. The predicted molar refractivity (Wildman–Crippen MR) is 115 cm³/mol. The molecule has 32 heavy (non-hydrogen) atoms. The Morgan fingerprint density at radius 2 is 2.00 bits per heavy atom. The van der Waals surface area contributed by atoms with Gasteiger partial charge in [0.2, 0.25) is 5.95 Å². The predicted octanol–water partition coefficient (Wildman–Crippen LogP) is 3.30. The maximum atomic E-state index is 14.4. The van der Waals surface area contributed by atoms with E-state index in [-0.39, 0.29) is 22.2 Å². The molecule has 0 bridgehead atoms. The third-order valence-corrected chi connectivity index (χ3v) is 5.17. The van der Waals surface area contributed by atoms with E-state index in [0.29, 0.717) is 11.4 Å². The smallest absolute Gasteiger partial charge is 0.251 e. The van der Waals surface area contributed by atoms with E-state index in [1.807, 2.05) is 0 Å². The Labute approximate surface area is 185 Å². The number of benzene rings is 1. The number of nitrogens with one attached hydrogen (secondary N) is 1. The second kappa shape index (κ2) is 8.85. The third-order valence-electron chi connectivity index (χ3n) is 4.86. The van der Waals surface area contributed by atoms with Crippen molar-refractivity contribution in [3.63, 3.8) is 0 Å². The fraction of sp³-hybridized carbons (Fsp3) is 0.143. The SMILES string of the molecule is Cn1nccc1Nc1ncc(F)c(-c2ccn(C(CO)c3ccc(Cl)c(F)c3)c(=O)c2)n1. The summed E-state index contributed by atoms with van der Waals surface area (Å²) in [4.78, 5) is 20.9. The maximum absolute atomic E-state index is 14.4. The largest absolute Gasteiger partial charge is 0.394 e. The Balaban J connectivity index is 1.68. The molecule has 1 unspecified atom stereocenters. The average molecular weight is 459 g/mol. The van der Waals surface area contributed by atoms with Crippen LogP contribution in [0.2, 0.25) is 5.02 Å². The van der Waals surface area contributed by atoms with Crippen LogP contribution < -0.4 is 10.9 Å². The van der Waals surface area contributed by atoms with Crippen molar-refractivity contribution in [1.82, 2.24) is 24.3 Å². The summed E-state index contributed by atoms with van der Waals surface area (Å²) < 4.78 is 31.1. The number of aryl methyl sites for hydroxylation is 1. The second-order valence-corrected chi connectivity index (χ2v) is 7.30. The van der Waals surface area contributed by atoms with Crippen molar-refractivity contribution in [2.45, 2.75) is 6.04 Å². The zero-order valence-corrected chi connectivity index (χ0v) is 17.5. The molecule has 3 aromatic heterocycles. The van der Waals surface area contributed by atoms with Gasteiger partial charge >= 0.3 is 0 Å². The average Bonchev–Trinajstić information content (AvgIpc) is 3.18. The van der Waals surface area contributed by atoms with Crippen LogP contribution >= 0.6 is 11.6 Å². The van der Waals surface area contributed by atoms with E-state index in [1.54, 1.807) is 24.0 Å². The molecule has 0 fully saturated rings. The van der Waals surface area contributed by atoms with Crippen LogP contribution in [0.25, 0.3) is 11.3 Å². The molecule has 0 aliphatic heterocycles. The van der Waals surface area contributed by atoms with Crippen LogP contribution in [0.3, 0.4) is 0 Å². The molecule has 164 valence electrons. The zero-order chi connectivity index (χ0) is 22.8. The van der Waals surface area contributed by atoms with E-state index in [4.69, 9.17) is 11.6 Å². The molecule has 11 heteroatoms. The standard InChI is InChI=1S/C21H17ClF2N6O2/c1-29-18(4-6-26-29)27-21-25-10-16(24)20(28-21)13-5-7-30(19(32)9-13)17(11-31)12-2-3-14(22)15(23)8-12/h2-10,17,31H,11H2,1H3,(H,25,27,28). The van der Waals surface area contributed by atoms with Crippen molar-refractivity contribution >= 4 is 23.4 Å². The summed E-state index contributed by atoms with van der Waals surface area (Å²) in [6, 6.07) is 7.55. The van der Waals surface area contributed by atoms with Crippen molar-refractivity contribution in [1.29, 1.82) is 0 Å². The highest BCUT2D eigenvalue weighted by Crippen LogP contribution is 2.24. The molecular formula is C21H17ClF2N6O2. The van der Waals surface area contributed by atoms with Gasteiger partial charge in [-0.3, -0.25) is 9.48 Å². The minimum absolute atomic E-state index is 0.0668. The first kappa shape index (κ1) is 21.6. The maximum Gasteiger partial charge on any atom is 0.251 e. The van der Waals surface area contributed by atoms with Crippen molar-refractivity contribution in [3.8, 4) is 11.3 Å². The van der Waals surface area contributed by atoms with Gasteiger partial charge < -0.3 is 15.0 Å². The lowest BCUT2D eigenvalue weighted by molar-refractivity contribution is 0.247. The molecule has 0 radical (unpaired) electrons. The van der Waals surface area contributed by atoms with Crippen LogP contribution in [0, 0.1) is 11.6 Å². The van der Waals surface area contributed by atoms with Crippen LogP contribution in [-0.2, 0) is 7.05 Å². The number of hydrogen-bond acceptors (Lipinski definition) is 6. The highest BCUT2D eigenvalue weighted by atomic mass is 35.5. The molecule has 4 aromatic rings. The molecule has 0 saturated heterocycles. The summed E-state index contributed by atoms with van der Waals surface area (Å²) in [6.07, 6.45) is 3.97. The lowest BCUT2D eigenvalue weighted by Gasteiger charge is -2.18. The van der Waals surface area contributed by atoms with Crippen LogP contribution in [0.15, 0.2) is 59.8 Å². The number of aromatic nitrogens is 5. The van der Waals surface area contributed by atoms with Crippen molar-refractivity contribution in [2.24, 2.45) is 7.05 Å². The highest BCUT2D eigenvalue weighted by Gasteiger charge is 2.18. The van der Waals surface area contributed by atoms with Gasteiger partial charge in [0.05, 0.1) is 30.1 Å². The van der Waals surface area contributed by atoms with Crippen molar-refractivity contribution in [2.75, 3.05) is 11.9 Å². The number of halogens is 3. The molecule has 1 aromatic carbocycles. The fourth-order valence-electron chi connectivity index (χ4n) is 3.21. The lowest BCUT2D eigenvalue weighted by Crippen LogP contribution is -2.27. The fourth-order valence-corrected chi connectivity index (χ4v) is 3.33. The van der Waals surface area contributed by atoms with Crippen molar-refractivity contribution < 1.29 is 13.9 Å². The molecule has 2 N–H and O–H groups in total. The van der Waals surface area contributed by atoms with Crippen LogP contribution in [0.1, 0.15) is 11.6 Å². The normalized spacial score (nSPS) is 12.0. The number of hydrogen-bond donors (Lipinski definition) is 2. The van der Waals surface area contributed by atoms with Gasteiger partial charge in [-0.05, 0) is 23.8 Å². The first-order chi connectivity index (χ1) is 15.4. The summed E-state index contributed by atoms with van der Waals surface area (Å²) in [6.45, 7) is -0.457. The Morgan fingerprint density at radius 1 is 1.19 bits per heavy atom. The van der Waals surface area contributed by atoms with Gasteiger partial charge in [-0.2, -0.15) is 5.10 Å². The first-order valence-electron chi connectivity index (χ1n) is 9.43.